The quantitative estimate of drug-likeness (QED) is 0.0312. The molecule has 0 aliphatic carbocycles. The minimum Gasteiger partial charge on any atom is -0.462 e. The number of esters is 2. The first kappa shape index (κ1) is 39.8. The summed E-state index contributed by atoms with van der Waals surface area (Å²) in [5.41, 5.74) is 0. The summed E-state index contributed by atoms with van der Waals surface area (Å²) in [6, 6.07) is 0. The van der Waals surface area contributed by atoms with Gasteiger partial charge in [-0.3, -0.25) is 14.1 Å². The van der Waals surface area contributed by atoms with E-state index >= 15 is 0 Å². The molecule has 1 unspecified atom stereocenters. The summed E-state index contributed by atoms with van der Waals surface area (Å²) in [5, 5.41) is 0. The van der Waals surface area contributed by atoms with Gasteiger partial charge in [0, 0.05) is 12.8 Å². The van der Waals surface area contributed by atoms with Crippen molar-refractivity contribution in [3.63, 3.8) is 0 Å². The molecule has 0 aliphatic heterocycles. The van der Waals surface area contributed by atoms with Crippen LogP contribution in [0, 0.1) is 0 Å². The Balaban J connectivity index is 4.17. The number of hydrogen-bond donors (Lipinski definition) is 2. The van der Waals surface area contributed by atoms with Gasteiger partial charge in [0.15, 0.2) is 6.10 Å². The smallest absolute Gasteiger partial charge is 0.462 e. The van der Waals surface area contributed by atoms with E-state index in [1.807, 2.05) is 36.5 Å². The standard InChI is InChI=1S/C33H55O8P/c1-3-5-7-9-11-13-15-16-18-20-22-24-26-28-33(35)41-31(30-40-42(36,37)38)29-39-32(34)27-25-23-21-19-17-14-12-10-8-6-4-2/h5,7,9-13,15-16,18,31H,3-4,6,8,14,17,19-30H2,1-2H3,(H2,36,37,38)/b7-5+,11-9+,12-10+,15-13+,18-16+. The van der Waals surface area contributed by atoms with Gasteiger partial charge in [-0.1, -0.05) is 113 Å². The first-order valence-corrected chi connectivity index (χ1v) is 17.2. The van der Waals surface area contributed by atoms with Crippen molar-refractivity contribution in [1.29, 1.82) is 0 Å². The summed E-state index contributed by atoms with van der Waals surface area (Å²) in [6.07, 6.45) is 33.8. The molecule has 0 rings (SSSR count). The van der Waals surface area contributed by atoms with Crippen molar-refractivity contribution in [2.24, 2.45) is 0 Å². The second-order valence-electron chi connectivity index (χ2n) is 10.1. The fourth-order valence-electron chi connectivity index (χ4n) is 3.77. The maximum atomic E-state index is 12.3. The molecule has 0 saturated carbocycles. The third-order valence-corrected chi connectivity index (χ3v) is 6.60. The predicted molar refractivity (Wildman–Crippen MR) is 170 cm³/mol. The summed E-state index contributed by atoms with van der Waals surface area (Å²) in [4.78, 5) is 42.4. The molecule has 0 aromatic rings. The number of phosphoric acid groups is 1. The zero-order valence-corrected chi connectivity index (χ0v) is 26.8. The molecule has 1 atom stereocenters. The van der Waals surface area contributed by atoms with Crippen molar-refractivity contribution >= 4 is 19.8 Å². The number of hydrogen-bond acceptors (Lipinski definition) is 6. The summed E-state index contributed by atoms with van der Waals surface area (Å²) in [5.74, 6) is -0.953. The van der Waals surface area contributed by atoms with Crippen LogP contribution < -0.4 is 0 Å². The molecule has 2 N–H and O–H groups in total. The van der Waals surface area contributed by atoms with E-state index in [4.69, 9.17) is 19.3 Å². The van der Waals surface area contributed by atoms with E-state index in [0.717, 1.165) is 64.2 Å². The van der Waals surface area contributed by atoms with Crippen LogP contribution in [0.2, 0.25) is 0 Å². The van der Waals surface area contributed by atoms with Gasteiger partial charge in [0.25, 0.3) is 0 Å². The normalized spacial score (nSPS) is 13.3. The molecule has 0 heterocycles. The number of unbranched alkanes of at least 4 members (excludes halogenated alkanes) is 10. The Hall–Kier alpha value is -2.25. The molecule has 8 nitrogen and oxygen atoms in total. The highest BCUT2D eigenvalue weighted by Gasteiger charge is 2.22. The van der Waals surface area contributed by atoms with Crippen molar-refractivity contribution in [2.45, 2.75) is 123 Å². The summed E-state index contributed by atoms with van der Waals surface area (Å²) in [7, 11) is -4.76. The summed E-state index contributed by atoms with van der Waals surface area (Å²) in [6.45, 7) is 3.41. The lowest BCUT2D eigenvalue weighted by molar-refractivity contribution is -0.161. The molecule has 0 aromatic heterocycles. The SMILES string of the molecule is CC/C=C/C=C/C=C/C=C/CCCCCC(=O)OC(COC(=O)CCCCCCC/C=C/CCCC)COP(=O)(O)O. The van der Waals surface area contributed by atoms with Crippen LogP contribution in [0.5, 0.6) is 0 Å². The predicted octanol–water partition coefficient (Wildman–Crippen LogP) is 8.61. The van der Waals surface area contributed by atoms with Crippen LogP contribution >= 0.6 is 7.82 Å². The van der Waals surface area contributed by atoms with E-state index in [1.165, 1.54) is 12.8 Å². The van der Waals surface area contributed by atoms with Gasteiger partial charge in [0.1, 0.15) is 6.61 Å². The highest BCUT2D eigenvalue weighted by atomic mass is 31.2. The average Bonchev–Trinajstić information content (AvgIpc) is 2.95. The summed E-state index contributed by atoms with van der Waals surface area (Å²) >= 11 is 0. The van der Waals surface area contributed by atoms with Crippen LogP contribution in [-0.4, -0.2) is 41.0 Å². The lowest BCUT2D eigenvalue weighted by Crippen LogP contribution is -2.29. The minimum absolute atomic E-state index is 0.161. The fourth-order valence-corrected chi connectivity index (χ4v) is 4.13. The van der Waals surface area contributed by atoms with Crippen LogP contribution in [0.4, 0.5) is 0 Å². The zero-order chi connectivity index (χ0) is 31.2. The number of carbonyl (C=O) groups is 2. The number of phosphoric ester groups is 1. The second kappa shape index (κ2) is 28.9. The minimum atomic E-state index is -4.76. The average molecular weight is 611 g/mol. The van der Waals surface area contributed by atoms with Crippen LogP contribution in [0.3, 0.4) is 0 Å². The van der Waals surface area contributed by atoms with Crippen LogP contribution in [0.25, 0.3) is 0 Å². The number of ether oxygens (including phenoxy) is 2. The molecular formula is C33H55O8P. The van der Waals surface area contributed by atoms with E-state index in [9.17, 15) is 14.2 Å². The first-order chi connectivity index (χ1) is 20.3. The van der Waals surface area contributed by atoms with Crippen LogP contribution in [0.15, 0.2) is 60.8 Å². The molecule has 0 aliphatic rings. The van der Waals surface area contributed by atoms with E-state index in [2.05, 4.69) is 42.7 Å². The van der Waals surface area contributed by atoms with Gasteiger partial charge in [-0.2, -0.15) is 0 Å². The highest BCUT2D eigenvalue weighted by molar-refractivity contribution is 7.46. The maximum Gasteiger partial charge on any atom is 0.469 e. The Morgan fingerprint density at radius 2 is 1.17 bits per heavy atom. The van der Waals surface area contributed by atoms with Crippen molar-refractivity contribution in [3.8, 4) is 0 Å². The number of allylic oxidation sites excluding steroid dienone is 10. The van der Waals surface area contributed by atoms with Gasteiger partial charge >= 0.3 is 19.8 Å². The molecule has 240 valence electrons. The van der Waals surface area contributed by atoms with Gasteiger partial charge in [-0.15, -0.1) is 0 Å². The molecule has 42 heavy (non-hydrogen) atoms. The fraction of sp³-hybridized carbons (Fsp3) is 0.636. The summed E-state index contributed by atoms with van der Waals surface area (Å²) < 4.78 is 26.1. The van der Waals surface area contributed by atoms with Crippen molar-refractivity contribution < 1.29 is 37.9 Å². The molecule has 0 saturated heterocycles. The third kappa shape index (κ3) is 30.7. The Kier molecular flexibility index (Phi) is 27.3. The monoisotopic (exact) mass is 610 g/mol. The molecule has 0 bridgehead atoms. The largest absolute Gasteiger partial charge is 0.469 e. The first-order valence-electron chi connectivity index (χ1n) is 15.6. The third-order valence-electron chi connectivity index (χ3n) is 6.11. The zero-order valence-electron chi connectivity index (χ0n) is 25.9. The Bertz CT molecular complexity index is 869. The molecular weight excluding hydrogens is 555 g/mol. The lowest BCUT2D eigenvalue weighted by Gasteiger charge is -2.18. The number of rotatable bonds is 27. The Morgan fingerprint density at radius 1 is 0.643 bits per heavy atom. The topological polar surface area (TPSA) is 119 Å². The van der Waals surface area contributed by atoms with Crippen LogP contribution in [0.1, 0.15) is 117 Å². The van der Waals surface area contributed by atoms with E-state index in [0.29, 0.717) is 12.8 Å². The van der Waals surface area contributed by atoms with Gasteiger partial charge in [0.2, 0.25) is 0 Å². The van der Waals surface area contributed by atoms with E-state index in [-0.39, 0.29) is 19.4 Å². The van der Waals surface area contributed by atoms with Crippen molar-refractivity contribution in [2.75, 3.05) is 13.2 Å². The van der Waals surface area contributed by atoms with Crippen LogP contribution in [-0.2, 0) is 28.2 Å². The van der Waals surface area contributed by atoms with Gasteiger partial charge < -0.3 is 19.3 Å². The molecule has 0 fully saturated rings. The number of carbonyl (C=O) groups excluding carboxylic acids is 2. The van der Waals surface area contributed by atoms with Gasteiger partial charge in [0.05, 0.1) is 6.61 Å². The molecule has 0 radical (unpaired) electrons. The van der Waals surface area contributed by atoms with Gasteiger partial charge in [-0.05, 0) is 51.4 Å². The van der Waals surface area contributed by atoms with Crippen molar-refractivity contribution in [3.05, 3.63) is 60.8 Å². The molecule has 0 amide bonds. The van der Waals surface area contributed by atoms with E-state index in [1.54, 1.807) is 0 Å². The molecule has 0 aromatic carbocycles. The van der Waals surface area contributed by atoms with E-state index < -0.39 is 32.5 Å². The van der Waals surface area contributed by atoms with Crippen molar-refractivity contribution in [1.82, 2.24) is 0 Å². The highest BCUT2D eigenvalue weighted by Crippen LogP contribution is 2.35. The van der Waals surface area contributed by atoms with Gasteiger partial charge in [-0.25, -0.2) is 4.57 Å². The lowest BCUT2D eigenvalue weighted by atomic mass is 10.1. The Morgan fingerprint density at radius 3 is 1.81 bits per heavy atom. The molecule has 9 heteroatoms. The Labute approximate surface area is 254 Å². The molecule has 0 spiro atoms. The maximum absolute atomic E-state index is 12.3. The second-order valence-corrected chi connectivity index (χ2v) is 11.4.